The minimum atomic E-state index is -0.449. The summed E-state index contributed by atoms with van der Waals surface area (Å²) in [4.78, 5) is 25.2. The fourth-order valence-electron chi connectivity index (χ4n) is 2.39. The maximum atomic E-state index is 12.4. The molecule has 1 atom stereocenters. The van der Waals surface area contributed by atoms with Crippen molar-refractivity contribution in [2.24, 2.45) is 0 Å². The summed E-state index contributed by atoms with van der Waals surface area (Å²) in [6.07, 6.45) is 0.0818. The van der Waals surface area contributed by atoms with Crippen molar-refractivity contribution in [3.8, 4) is 0 Å². The molecule has 0 saturated heterocycles. The Bertz CT molecular complexity index is 929. The summed E-state index contributed by atoms with van der Waals surface area (Å²) in [5.74, 6) is 0.358. The Morgan fingerprint density at radius 1 is 1.21 bits per heavy atom. The number of benzene rings is 1. The molecule has 3 aromatic rings. The third-order valence-electron chi connectivity index (χ3n) is 3.61. The molecule has 0 saturated carbocycles. The molecule has 1 aromatic carbocycles. The molecule has 0 fully saturated rings. The summed E-state index contributed by atoms with van der Waals surface area (Å²) in [6.45, 7) is 1.42. The quantitative estimate of drug-likeness (QED) is 0.380. The van der Waals surface area contributed by atoms with E-state index in [0.29, 0.717) is 10.2 Å². The molecule has 28 heavy (non-hydrogen) atoms. The molecule has 3 rings (SSSR count). The van der Waals surface area contributed by atoms with Gasteiger partial charge in [-0.25, -0.2) is 0 Å². The highest BCUT2D eigenvalue weighted by molar-refractivity contribution is 8.00. The van der Waals surface area contributed by atoms with Crippen LogP contribution in [0.1, 0.15) is 29.8 Å². The van der Waals surface area contributed by atoms with E-state index >= 15 is 0 Å². The van der Waals surface area contributed by atoms with Crippen LogP contribution < -0.4 is 10.6 Å². The maximum Gasteiger partial charge on any atom is 0.228 e. The zero-order valence-corrected chi connectivity index (χ0v) is 18.1. The summed E-state index contributed by atoms with van der Waals surface area (Å²) >= 11 is 10.5. The number of aromatic nitrogens is 2. The largest absolute Gasteiger partial charge is 0.349 e. The summed E-state index contributed by atoms with van der Waals surface area (Å²) in [5.41, 5.74) is 0.805. The molecule has 1 unspecified atom stereocenters. The van der Waals surface area contributed by atoms with E-state index in [2.05, 4.69) is 26.9 Å². The first-order valence-corrected chi connectivity index (χ1v) is 11.4. The van der Waals surface area contributed by atoms with Crippen LogP contribution in [0.3, 0.4) is 0 Å². The number of amides is 2. The fraction of sp³-hybridized carbons (Fsp3) is 0.222. The molecule has 0 bridgehead atoms. The third-order valence-corrected chi connectivity index (χ3v) is 6.94. The van der Waals surface area contributed by atoms with E-state index in [-0.39, 0.29) is 18.2 Å². The standard InChI is InChI=1S/C18H17ClN4O2S3/c1-11(24)20-15(12-4-6-13(19)7-5-12)9-16(25)21-17-22-23-18(28-17)27-10-14-3-2-8-26-14/h2-8,15H,9-10H2,1H3,(H,20,24)(H,21,22,25). The van der Waals surface area contributed by atoms with Crippen LogP contribution in [0.15, 0.2) is 46.1 Å². The number of carbonyl (C=O) groups is 2. The van der Waals surface area contributed by atoms with Crippen molar-refractivity contribution >= 4 is 63.0 Å². The molecule has 6 nitrogen and oxygen atoms in total. The van der Waals surface area contributed by atoms with E-state index in [0.717, 1.165) is 15.7 Å². The van der Waals surface area contributed by atoms with Crippen LogP contribution in [0.5, 0.6) is 0 Å². The summed E-state index contributed by atoms with van der Waals surface area (Å²) in [6, 6.07) is 10.7. The Kier molecular flexibility index (Phi) is 7.43. The van der Waals surface area contributed by atoms with Crippen LogP contribution >= 0.6 is 46.0 Å². The predicted molar refractivity (Wildman–Crippen MR) is 115 cm³/mol. The second kappa shape index (κ2) is 10.0. The third kappa shape index (κ3) is 6.30. The molecule has 2 heterocycles. The first-order chi connectivity index (χ1) is 13.5. The Hall–Kier alpha value is -1.94. The van der Waals surface area contributed by atoms with Crippen molar-refractivity contribution in [1.82, 2.24) is 15.5 Å². The lowest BCUT2D eigenvalue weighted by atomic mass is 10.0. The van der Waals surface area contributed by atoms with Gasteiger partial charge in [0.15, 0.2) is 4.34 Å². The maximum absolute atomic E-state index is 12.4. The Labute approximate surface area is 179 Å². The predicted octanol–water partition coefficient (Wildman–Crippen LogP) is 4.75. The average Bonchev–Trinajstić information content (AvgIpc) is 3.31. The van der Waals surface area contributed by atoms with Crippen LogP contribution in [0, 0.1) is 0 Å². The van der Waals surface area contributed by atoms with Crippen molar-refractivity contribution in [2.75, 3.05) is 5.32 Å². The molecular formula is C18H17ClN4O2S3. The number of hydrogen-bond acceptors (Lipinski definition) is 7. The second-order valence-corrected chi connectivity index (χ2v) is 9.47. The van der Waals surface area contributed by atoms with Gasteiger partial charge in [-0.3, -0.25) is 9.59 Å². The van der Waals surface area contributed by atoms with Crippen LogP contribution in [-0.4, -0.2) is 22.0 Å². The molecule has 0 spiro atoms. The molecule has 0 aliphatic heterocycles. The minimum absolute atomic E-state index is 0.0818. The summed E-state index contributed by atoms with van der Waals surface area (Å²) in [5, 5.41) is 16.7. The lowest BCUT2D eigenvalue weighted by molar-refractivity contribution is -0.120. The Morgan fingerprint density at radius 2 is 2.00 bits per heavy atom. The van der Waals surface area contributed by atoms with Crippen LogP contribution in [0.25, 0.3) is 0 Å². The first kappa shape index (κ1) is 20.8. The molecule has 2 amide bonds. The van der Waals surface area contributed by atoms with Gasteiger partial charge >= 0.3 is 0 Å². The van der Waals surface area contributed by atoms with Gasteiger partial charge in [-0.1, -0.05) is 52.9 Å². The number of thioether (sulfide) groups is 1. The molecule has 2 aromatic heterocycles. The topological polar surface area (TPSA) is 84.0 Å². The zero-order valence-electron chi connectivity index (χ0n) is 14.8. The van der Waals surface area contributed by atoms with Gasteiger partial charge in [-0.05, 0) is 29.1 Å². The number of hydrogen-bond donors (Lipinski definition) is 2. The van der Waals surface area contributed by atoms with Gasteiger partial charge in [0.2, 0.25) is 16.9 Å². The summed E-state index contributed by atoms with van der Waals surface area (Å²) in [7, 11) is 0. The number of carbonyl (C=O) groups excluding carboxylic acids is 2. The molecule has 146 valence electrons. The van der Waals surface area contributed by atoms with E-state index in [1.807, 2.05) is 11.4 Å². The molecular weight excluding hydrogens is 436 g/mol. The lowest BCUT2D eigenvalue weighted by Gasteiger charge is -2.17. The van der Waals surface area contributed by atoms with E-state index in [9.17, 15) is 9.59 Å². The van der Waals surface area contributed by atoms with Crippen LogP contribution in [0.2, 0.25) is 5.02 Å². The van der Waals surface area contributed by atoms with Crippen molar-refractivity contribution in [1.29, 1.82) is 0 Å². The Balaban J connectivity index is 1.58. The van der Waals surface area contributed by atoms with Gasteiger partial charge in [0.05, 0.1) is 12.5 Å². The monoisotopic (exact) mass is 452 g/mol. The number of nitrogens with one attached hydrogen (secondary N) is 2. The van der Waals surface area contributed by atoms with Gasteiger partial charge in [-0.15, -0.1) is 21.5 Å². The Morgan fingerprint density at radius 3 is 2.68 bits per heavy atom. The highest BCUT2D eigenvalue weighted by Gasteiger charge is 2.18. The first-order valence-electron chi connectivity index (χ1n) is 8.30. The number of nitrogens with zero attached hydrogens (tertiary/aromatic N) is 2. The van der Waals surface area contributed by atoms with E-state index in [1.54, 1.807) is 47.4 Å². The van der Waals surface area contributed by atoms with Gasteiger partial charge in [0.25, 0.3) is 0 Å². The molecule has 0 aliphatic carbocycles. The van der Waals surface area contributed by atoms with Crippen molar-refractivity contribution in [3.63, 3.8) is 0 Å². The molecule has 0 aliphatic rings. The van der Waals surface area contributed by atoms with E-state index in [1.165, 1.54) is 23.1 Å². The average molecular weight is 453 g/mol. The highest BCUT2D eigenvalue weighted by atomic mass is 35.5. The van der Waals surface area contributed by atoms with Gasteiger partial charge < -0.3 is 10.6 Å². The number of halogens is 1. The number of thiophene rings is 1. The lowest BCUT2D eigenvalue weighted by Crippen LogP contribution is -2.29. The highest BCUT2D eigenvalue weighted by Crippen LogP contribution is 2.30. The fourth-order valence-corrected chi connectivity index (χ4v) is 5.06. The zero-order chi connectivity index (χ0) is 19.9. The number of anilines is 1. The van der Waals surface area contributed by atoms with E-state index < -0.39 is 6.04 Å². The second-order valence-electron chi connectivity index (χ2n) is 5.80. The van der Waals surface area contributed by atoms with Crippen LogP contribution in [0.4, 0.5) is 5.13 Å². The minimum Gasteiger partial charge on any atom is -0.349 e. The SMILES string of the molecule is CC(=O)NC(CC(=O)Nc1nnc(SCc2cccs2)s1)c1ccc(Cl)cc1. The smallest absolute Gasteiger partial charge is 0.228 e. The number of rotatable bonds is 8. The molecule has 0 radical (unpaired) electrons. The van der Waals surface area contributed by atoms with E-state index in [4.69, 9.17) is 11.6 Å². The van der Waals surface area contributed by atoms with Crippen molar-refractivity contribution < 1.29 is 9.59 Å². The summed E-state index contributed by atoms with van der Waals surface area (Å²) < 4.78 is 0.791. The van der Waals surface area contributed by atoms with Crippen molar-refractivity contribution in [3.05, 3.63) is 57.2 Å². The van der Waals surface area contributed by atoms with Gasteiger partial charge in [-0.2, -0.15) is 0 Å². The van der Waals surface area contributed by atoms with Gasteiger partial charge in [0, 0.05) is 22.6 Å². The van der Waals surface area contributed by atoms with Crippen LogP contribution in [-0.2, 0) is 15.3 Å². The molecule has 10 heteroatoms. The van der Waals surface area contributed by atoms with Crippen molar-refractivity contribution in [2.45, 2.75) is 29.5 Å². The normalized spacial score (nSPS) is 11.8. The molecule has 2 N–H and O–H groups in total. The van der Waals surface area contributed by atoms with Gasteiger partial charge in [0.1, 0.15) is 0 Å².